The minimum Gasteiger partial charge on any atom is -0.380 e. The number of amides is 1. The Morgan fingerprint density at radius 1 is 1.37 bits per heavy atom. The smallest absolute Gasteiger partial charge is 0.254 e. The predicted molar refractivity (Wildman–Crippen MR) is 72.4 cm³/mol. The summed E-state index contributed by atoms with van der Waals surface area (Å²) in [4.78, 5) is 17.9. The number of carbonyl (C=O) groups is 1. The van der Waals surface area contributed by atoms with Crippen molar-refractivity contribution in [3.8, 4) is 0 Å². The fourth-order valence-electron chi connectivity index (χ4n) is 2.31. The summed E-state index contributed by atoms with van der Waals surface area (Å²) >= 11 is 0. The van der Waals surface area contributed by atoms with Crippen LogP contribution in [0.2, 0.25) is 0 Å². The number of carbonyl (C=O) groups excluding carboxylic acids is 1. The summed E-state index contributed by atoms with van der Waals surface area (Å²) in [6.07, 6.45) is 2.91. The van der Waals surface area contributed by atoms with Crippen LogP contribution in [0.5, 0.6) is 0 Å². The van der Waals surface area contributed by atoms with Crippen molar-refractivity contribution in [2.24, 2.45) is 0 Å². The van der Waals surface area contributed by atoms with Gasteiger partial charge in [0, 0.05) is 25.2 Å². The summed E-state index contributed by atoms with van der Waals surface area (Å²) in [7, 11) is 1.73. The Labute approximate surface area is 111 Å². The number of benzene rings is 1. The van der Waals surface area contributed by atoms with Crippen molar-refractivity contribution in [3.63, 3.8) is 0 Å². The van der Waals surface area contributed by atoms with Gasteiger partial charge in [-0.1, -0.05) is 18.2 Å². The Hall–Kier alpha value is -1.94. The molecule has 0 spiro atoms. The largest absolute Gasteiger partial charge is 0.380 e. The summed E-state index contributed by atoms with van der Waals surface area (Å²) in [6, 6.07) is 9.78. The molecule has 0 bridgehead atoms. The third-order valence-corrected chi connectivity index (χ3v) is 3.62. The molecule has 0 saturated heterocycles. The van der Waals surface area contributed by atoms with Crippen LogP contribution in [0.4, 0.5) is 0 Å². The van der Waals surface area contributed by atoms with E-state index in [0.29, 0.717) is 19.4 Å². The molecule has 98 valence electrons. The molecule has 1 aromatic heterocycles. The lowest BCUT2D eigenvalue weighted by atomic mass is 10.1. The maximum Gasteiger partial charge on any atom is 0.254 e. The average molecular weight is 256 g/mol. The van der Waals surface area contributed by atoms with E-state index < -0.39 is 5.60 Å². The lowest BCUT2D eigenvalue weighted by Crippen LogP contribution is -2.37. The maximum atomic E-state index is 12.0. The van der Waals surface area contributed by atoms with E-state index in [9.17, 15) is 9.90 Å². The van der Waals surface area contributed by atoms with Gasteiger partial charge in [-0.15, -0.1) is 0 Å². The number of hydrogen-bond donors (Lipinski definition) is 1. The molecule has 1 amide bonds. The van der Waals surface area contributed by atoms with Gasteiger partial charge in [-0.25, -0.2) is 0 Å². The summed E-state index contributed by atoms with van der Waals surface area (Å²) in [5.74, 6) is -0.187. The Morgan fingerprint density at radius 2 is 2.11 bits per heavy atom. The van der Waals surface area contributed by atoms with Crippen LogP contribution in [0.15, 0.2) is 36.5 Å². The van der Waals surface area contributed by atoms with Gasteiger partial charge in [-0.2, -0.15) is 0 Å². The Kier molecular flexibility index (Phi) is 2.75. The van der Waals surface area contributed by atoms with Crippen molar-refractivity contribution in [2.75, 3.05) is 7.05 Å². The van der Waals surface area contributed by atoms with E-state index in [0.717, 1.165) is 16.5 Å². The van der Waals surface area contributed by atoms with Crippen LogP contribution < -0.4 is 0 Å². The van der Waals surface area contributed by atoms with E-state index in [1.165, 1.54) is 0 Å². The molecule has 1 fully saturated rings. The molecule has 1 aliphatic carbocycles. The molecule has 0 atom stereocenters. The second-order valence-corrected chi connectivity index (χ2v) is 5.18. The highest BCUT2D eigenvalue weighted by Gasteiger charge is 2.49. The molecule has 0 radical (unpaired) electrons. The van der Waals surface area contributed by atoms with Crippen LogP contribution in [0.3, 0.4) is 0 Å². The van der Waals surface area contributed by atoms with E-state index in [-0.39, 0.29) is 5.91 Å². The summed E-state index contributed by atoms with van der Waals surface area (Å²) in [6.45, 7) is 0.490. The van der Waals surface area contributed by atoms with Gasteiger partial charge in [0.05, 0.1) is 5.52 Å². The van der Waals surface area contributed by atoms with Gasteiger partial charge < -0.3 is 10.0 Å². The summed E-state index contributed by atoms with van der Waals surface area (Å²) in [5.41, 5.74) is 0.870. The number of aliphatic hydroxyl groups is 1. The number of para-hydroxylation sites is 1. The minimum atomic E-state index is -1.10. The Morgan fingerprint density at radius 3 is 2.84 bits per heavy atom. The molecule has 2 aromatic rings. The number of nitrogens with zero attached hydrogens (tertiary/aromatic N) is 2. The number of rotatable bonds is 3. The molecule has 4 heteroatoms. The quantitative estimate of drug-likeness (QED) is 0.909. The van der Waals surface area contributed by atoms with Crippen LogP contribution >= 0.6 is 0 Å². The van der Waals surface area contributed by atoms with Gasteiger partial charge in [0.2, 0.25) is 0 Å². The van der Waals surface area contributed by atoms with Gasteiger partial charge in [-0.05, 0) is 30.5 Å². The zero-order chi connectivity index (χ0) is 13.5. The molecule has 4 nitrogen and oxygen atoms in total. The van der Waals surface area contributed by atoms with Crippen molar-refractivity contribution in [2.45, 2.75) is 25.0 Å². The van der Waals surface area contributed by atoms with Crippen LogP contribution in [0.1, 0.15) is 18.4 Å². The van der Waals surface area contributed by atoms with E-state index in [1.807, 2.05) is 30.3 Å². The monoisotopic (exact) mass is 256 g/mol. The lowest BCUT2D eigenvalue weighted by Gasteiger charge is -2.21. The van der Waals surface area contributed by atoms with Crippen LogP contribution in [0, 0.1) is 0 Å². The van der Waals surface area contributed by atoms with Gasteiger partial charge in [0.1, 0.15) is 5.60 Å². The number of pyridine rings is 1. The molecule has 1 aliphatic rings. The average Bonchev–Trinajstić information content (AvgIpc) is 3.17. The topological polar surface area (TPSA) is 53.4 Å². The first-order valence-electron chi connectivity index (χ1n) is 6.41. The highest BCUT2D eigenvalue weighted by molar-refractivity contribution is 5.88. The van der Waals surface area contributed by atoms with Crippen LogP contribution in [-0.2, 0) is 11.3 Å². The first-order valence-corrected chi connectivity index (χ1v) is 6.41. The van der Waals surface area contributed by atoms with E-state index >= 15 is 0 Å². The molecular weight excluding hydrogens is 240 g/mol. The van der Waals surface area contributed by atoms with Crippen molar-refractivity contribution < 1.29 is 9.90 Å². The molecule has 1 saturated carbocycles. The number of fused-ring (bicyclic) bond motifs is 1. The maximum absolute atomic E-state index is 12.0. The van der Waals surface area contributed by atoms with Crippen molar-refractivity contribution in [1.82, 2.24) is 9.88 Å². The van der Waals surface area contributed by atoms with E-state index in [1.54, 1.807) is 18.1 Å². The standard InChI is InChI=1S/C15H16N2O2/c1-17(14(18)15(19)7-8-15)10-11-6-9-16-13-5-3-2-4-12(11)13/h2-6,9,19H,7-8,10H2,1H3. The highest BCUT2D eigenvalue weighted by atomic mass is 16.3. The molecule has 0 unspecified atom stereocenters. The third-order valence-electron chi connectivity index (χ3n) is 3.62. The van der Waals surface area contributed by atoms with Gasteiger partial charge in [0.15, 0.2) is 0 Å². The molecule has 0 aliphatic heterocycles. The fraction of sp³-hybridized carbons (Fsp3) is 0.333. The SMILES string of the molecule is CN(Cc1ccnc2ccccc12)C(=O)C1(O)CC1. The van der Waals surface area contributed by atoms with Crippen LogP contribution in [-0.4, -0.2) is 33.5 Å². The number of likely N-dealkylation sites (N-methyl/N-ethyl adjacent to an activating group) is 1. The Balaban J connectivity index is 1.87. The van der Waals surface area contributed by atoms with Gasteiger partial charge >= 0.3 is 0 Å². The first-order chi connectivity index (χ1) is 9.10. The van der Waals surface area contributed by atoms with E-state index in [4.69, 9.17) is 0 Å². The first kappa shape index (κ1) is 12.1. The van der Waals surface area contributed by atoms with Crippen molar-refractivity contribution >= 4 is 16.8 Å². The highest BCUT2D eigenvalue weighted by Crippen LogP contribution is 2.37. The zero-order valence-electron chi connectivity index (χ0n) is 10.8. The Bertz CT molecular complexity index is 630. The lowest BCUT2D eigenvalue weighted by molar-refractivity contribution is -0.141. The second-order valence-electron chi connectivity index (χ2n) is 5.18. The molecular formula is C15H16N2O2. The molecule has 1 N–H and O–H groups in total. The molecule has 1 aromatic carbocycles. The van der Waals surface area contributed by atoms with Crippen LogP contribution in [0.25, 0.3) is 10.9 Å². The minimum absolute atomic E-state index is 0.187. The number of aromatic nitrogens is 1. The molecule has 19 heavy (non-hydrogen) atoms. The van der Waals surface area contributed by atoms with Crippen molar-refractivity contribution in [3.05, 3.63) is 42.1 Å². The third kappa shape index (κ3) is 2.19. The molecule has 1 heterocycles. The van der Waals surface area contributed by atoms with Gasteiger partial charge in [0.25, 0.3) is 5.91 Å². The second kappa shape index (κ2) is 4.31. The number of hydrogen-bond acceptors (Lipinski definition) is 3. The molecule has 3 rings (SSSR count). The van der Waals surface area contributed by atoms with Gasteiger partial charge in [-0.3, -0.25) is 9.78 Å². The van der Waals surface area contributed by atoms with Crippen molar-refractivity contribution in [1.29, 1.82) is 0 Å². The van der Waals surface area contributed by atoms with E-state index in [2.05, 4.69) is 4.98 Å². The predicted octanol–water partition coefficient (Wildman–Crippen LogP) is 1.72. The summed E-state index contributed by atoms with van der Waals surface area (Å²) < 4.78 is 0. The zero-order valence-corrected chi connectivity index (χ0v) is 10.8. The summed E-state index contributed by atoms with van der Waals surface area (Å²) in [5, 5.41) is 10.9. The fourth-order valence-corrected chi connectivity index (χ4v) is 2.31. The normalized spacial score (nSPS) is 16.3.